The first-order valence-electron chi connectivity index (χ1n) is 5.36. The van der Waals surface area contributed by atoms with E-state index in [1.54, 1.807) is 12.1 Å². The van der Waals surface area contributed by atoms with Crippen LogP contribution in [0.5, 0.6) is 0 Å². The van der Waals surface area contributed by atoms with Crippen molar-refractivity contribution in [2.45, 2.75) is 31.6 Å². The Balaban J connectivity index is 2.05. The first kappa shape index (κ1) is 12.6. The van der Waals surface area contributed by atoms with E-state index in [9.17, 15) is 13.2 Å². The lowest BCUT2D eigenvalue weighted by Gasteiger charge is -2.23. The molecular weight excluding hydrogens is 253 g/mol. The lowest BCUT2D eigenvalue weighted by atomic mass is 10.2. The fourth-order valence-corrected chi connectivity index (χ4v) is 1.92. The van der Waals surface area contributed by atoms with Gasteiger partial charge in [0.1, 0.15) is 5.15 Å². The van der Waals surface area contributed by atoms with Gasteiger partial charge in [0, 0.05) is 24.3 Å². The smallest absolute Gasteiger partial charge is 0.288 e. The summed E-state index contributed by atoms with van der Waals surface area (Å²) >= 11 is 5.85. The zero-order chi connectivity index (χ0) is 12.5. The van der Waals surface area contributed by atoms with Crippen LogP contribution in [0.3, 0.4) is 0 Å². The van der Waals surface area contributed by atoms with Crippen molar-refractivity contribution in [1.29, 1.82) is 0 Å². The SMILES string of the molecule is FC(F)(F)CN(Cc1cccnc1Cl)C1CC1. The van der Waals surface area contributed by atoms with Crippen molar-refractivity contribution in [2.75, 3.05) is 6.54 Å². The molecule has 0 aromatic carbocycles. The Morgan fingerprint density at radius 3 is 2.65 bits per heavy atom. The van der Waals surface area contributed by atoms with Gasteiger partial charge in [-0.2, -0.15) is 13.2 Å². The molecule has 0 amide bonds. The predicted octanol–water partition coefficient (Wildman–Crippen LogP) is 3.26. The van der Waals surface area contributed by atoms with Crippen LogP contribution < -0.4 is 0 Å². The standard InChI is InChI=1S/C11H12ClF3N2/c12-10-8(2-1-5-16-10)6-17(9-3-4-9)7-11(13,14)15/h1-2,5,9H,3-4,6-7H2. The third kappa shape index (κ3) is 3.85. The van der Waals surface area contributed by atoms with E-state index in [4.69, 9.17) is 11.6 Å². The van der Waals surface area contributed by atoms with Gasteiger partial charge < -0.3 is 0 Å². The van der Waals surface area contributed by atoms with Crippen molar-refractivity contribution < 1.29 is 13.2 Å². The maximum Gasteiger partial charge on any atom is 0.401 e. The van der Waals surface area contributed by atoms with Crippen molar-refractivity contribution in [3.05, 3.63) is 29.0 Å². The highest BCUT2D eigenvalue weighted by molar-refractivity contribution is 6.30. The van der Waals surface area contributed by atoms with Crippen LogP contribution >= 0.6 is 11.6 Å². The quantitative estimate of drug-likeness (QED) is 0.776. The van der Waals surface area contributed by atoms with Crippen LogP contribution in [0.25, 0.3) is 0 Å². The minimum atomic E-state index is -4.17. The number of rotatable bonds is 4. The first-order chi connectivity index (χ1) is 7.96. The fourth-order valence-electron chi connectivity index (χ4n) is 1.74. The van der Waals surface area contributed by atoms with Crippen molar-refractivity contribution in [2.24, 2.45) is 0 Å². The van der Waals surface area contributed by atoms with Gasteiger partial charge in [-0.1, -0.05) is 17.7 Å². The van der Waals surface area contributed by atoms with Gasteiger partial charge in [-0.05, 0) is 18.9 Å². The highest BCUT2D eigenvalue weighted by Gasteiger charge is 2.38. The van der Waals surface area contributed by atoms with Crippen LogP contribution in [0, 0.1) is 0 Å². The van der Waals surface area contributed by atoms with Gasteiger partial charge in [-0.3, -0.25) is 4.90 Å². The van der Waals surface area contributed by atoms with Crippen molar-refractivity contribution in [1.82, 2.24) is 9.88 Å². The van der Waals surface area contributed by atoms with Crippen LogP contribution in [-0.2, 0) is 6.54 Å². The van der Waals surface area contributed by atoms with Crippen LogP contribution in [0.4, 0.5) is 13.2 Å². The van der Waals surface area contributed by atoms with Gasteiger partial charge in [0.15, 0.2) is 0 Å². The number of hydrogen-bond acceptors (Lipinski definition) is 2. The predicted molar refractivity (Wildman–Crippen MR) is 58.7 cm³/mol. The molecule has 1 aromatic heterocycles. The molecule has 1 aromatic rings. The Kier molecular flexibility index (Phi) is 3.58. The number of nitrogens with zero attached hydrogens (tertiary/aromatic N) is 2. The summed E-state index contributed by atoms with van der Waals surface area (Å²) in [6.45, 7) is -0.681. The largest absolute Gasteiger partial charge is 0.401 e. The summed E-state index contributed by atoms with van der Waals surface area (Å²) in [5.41, 5.74) is 0.644. The van der Waals surface area contributed by atoms with Crippen LogP contribution in [-0.4, -0.2) is 28.6 Å². The number of alkyl halides is 3. The molecular formula is C11H12ClF3N2. The Morgan fingerprint density at radius 1 is 1.41 bits per heavy atom. The van der Waals surface area contributed by atoms with Crippen molar-refractivity contribution in [3.8, 4) is 0 Å². The maximum atomic E-state index is 12.4. The minimum absolute atomic E-state index is 0.0351. The molecule has 6 heteroatoms. The lowest BCUT2D eigenvalue weighted by molar-refractivity contribution is -0.148. The molecule has 2 nitrogen and oxygen atoms in total. The van der Waals surface area contributed by atoms with E-state index in [1.165, 1.54) is 11.1 Å². The van der Waals surface area contributed by atoms with Gasteiger partial charge in [0.25, 0.3) is 0 Å². The summed E-state index contributed by atoms with van der Waals surface area (Å²) in [4.78, 5) is 5.29. The van der Waals surface area contributed by atoms with E-state index in [-0.39, 0.29) is 17.7 Å². The highest BCUT2D eigenvalue weighted by atomic mass is 35.5. The normalized spacial score (nSPS) is 16.5. The maximum absolute atomic E-state index is 12.4. The van der Waals surface area contributed by atoms with E-state index in [2.05, 4.69) is 4.98 Å². The summed E-state index contributed by atoms with van der Waals surface area (Å²) in [7, 11) is 0. The summed E-state index contributed by atoms with van der Waals surface area (Å²) in [6, 6.07) is 3.42. The molecule has 0 aliphatic heterocycles. The molecule has 0 atom stereocenters. The second kappa shape index (κ2) is 4.82. The Hall–Kier alpha value is -0.810. The van der Waals surface area contributed by atoms with E-state index in [1.807, 2.05) is 0 Å². The molecule has 17 heavy (non-hydrogen) atoms. The molecule has 0 saturated heterocycles. The van der Waals surface area contributed by atoms with Crippen molar-refractivity contribution in [3.63, 3.8) is 0 Å². The molecule has 2 rings (SSSR count). The fraction of sp³-hybridized carbons (Fsp3) is 0.545. The topological polar surface area (TPSA) is 16.1 Å². The summed E-state index contributed by atoms with van der Waals surface area (Å²) < 4.78 is 37.2. The Labute approximate surface area is 102 Å². The van der Waals surface area contributed by atoms with Gasteiger partial charge >= 0.3 is 6.18 Å². The Bertz CT molecular complexity index is 391. The molecule has 1 fully saturated rings. The summed E-state index contributed by atoms with van der Waals surface area (Å²) in [5.74, 6) is 0. The highest BCUT2D eigenvalue weighted by Crippen LogP contribution is 2.32. The van der Waals surface area contributed by atoms with E-state index in [0.717, 1.165) is 12.8 Å². The average Bonchev–Trinajstić information content (AvgIpc) is 3.01. The number of halogens is 4. The summed E-state index contributed by atoms with van der Waals surface area (Å²) in [5, 5.41) is 0.278. The molecule has 1 aliphatic rings. The zero-order valence-electron chi connectivity index (χ0n) is 9.04. The minimum Gasteiger partial charge on any atom is -0.288 e. The molecule has 0 radical (unpaired) electrons. The zero-order valence-corrected chi connectivity index (χ0v) is 9.80. The van der Waals surface area contributed by atoms with Gasteiger partial charge in [0.2, 0.25) is 0 Å². The molecule has 1 aliphatic carbocycles. The van der Waals surface area contributed by atoms with Gasteiger partial charge in [0.05, 0.1) is 6.54 Å². The van der Waals surface area contributed by atoms with Crippen LogP contribution in [0.1, 0.15) is 18.4 Å². The lowest BCUT2D eigenvalue weighted by Crippen LogP contribution is -2.35. The van der Waals surface area contributed by atoms with E-state index >= 15 is 0 Å². The number of aromatic nitrogens is 1. The van der Waals surface area contributed by atoms with Crippen LogP contribution in [0.15, 0.2) is 18.3 Å². The first-order valence-corrected chi connectivity index (χ1v) is 5.74. The van der Waals surface area contributed by atoms with Gasteiger partial charge in [-0.25, -0.2) is 4.98 Å². The monoisotopic (exact) mass is 264 g/mol. The molecule has 0 unspecified atom stereocenters. The molecule has 94 valence electrons. The van der Waals surface area contributed by atoms with E-state index < -0.39 is 12.7 Å². The number of hydrogen-bond donors (Lipinski definition) is 0. The molecule has 1 saturated carbocycles. The van der Waals surface area contributed by atoms with E-state index in [0.29, 0.717) is 5.56 Å². The third-order valence-corrected chi connectivity index (χ3v) is 3.00. The molecule has 1 heterocycles. The second-order valence-electron chi connectivity index (χ2n) is 4.20. The van der Waals surface area contributed by atoms with Gasteiger partial charge in [-0.15, -0.1) is 0 Å². The number of pyridine rings is 1. The molecule has 0 bridgehead atoms. The second-order valence-corrected chi connectivity index (χ2v) is 4.56. The molecule has 0 spiro atoms. The molecule has 0 N–H and O–H groups in total. The Morgan fingerprint density at radius 2 is 2.12 bits per heavy atom. The average molecular weight is 265 g/mol. The third-order valence-electron chi connectivity index (χ3n) is 2.66. The van der Waals surface area contributed by atoms with Crippen LogP contribution in [0.2, 0.25) is 5.15 Å². The summed E-state index contributed by atoms with van der Waals surface area (Å²) in [6.07, 6.45) is -0.990. The van der Waals surface area contributed by atoms with Crippen molar-refractivity contribution >= 4 is 11.6 Å².